The van der Waals surface area contributed by atoms with E-state index in [1.807, 2.05) is 0 Å². The summed E-state index contributed by atoms with van der Waals surface area (Å²) < 4.78 is 22.1. The number of amides is 6. The zero-order chi connectivity index (χ0) is 58.3. The number of hydrogen-bond acceptors (Lipinski definition) is 15. The third-order valence-electron chi connectivity index (χ3n) is 15.3. The summed E-state index contributed by atoms with van der Waals surface area (Å²) in [6.07, 6.45) is 0.870. The number of pyridine rings is 2. The lowest BCUT2D eigenvalue weighted by Crippen LogP contribution is -2.44. The normalized spacial score (nSPS) is 17.4. The fourth-order valence-corrected chi connectivity index (χ4v) is 10.9. The van der Waals surface area contributed by atoms with Crippen molar-refractivity contribution >= 4 is 75.6 Å². The van der Waals surface area contributed by atoms with E-state index in [-0.39, 0.29) is 107 Å². The zero-order valence-corrected chi connectivity index (χ0v) is 44.8. The van der Waals surface area contributed by atoms with Crippen LogP contribution in [-0.2, 0) is 89.1 Å². The van der Waals surface area contributed by atoms with Crippen LogP contribution in [0.1, 0.15) is 129 Å². The van der Waals surface area contributed by atoms with Gasteiger partial charge in [0.1, 0.15) is 18.2 Å². The van der Waals surface area contributed by atoms with E-state index in [0.29, 0.717) is 57.4 Å². The van der Waals surface area contributed by atoms with Gasteiger partial charge in [0.05, 0.1) is 60.0 Å². The van der Waals surface area contributed by atoms with Crippen molar-refractivity contribution in [3.8, 4) is 11.4 Å². The molecular formula is C58H62FN7O15. The monoisotopic (exact) mass is 1120 g/mol. The highest BCUT2D eigenvalue weighted by atomic mass is 19.1. The Bertz CT molecular complexity index is 3360. The maximum absolute atomic E-state index is 15.4. The van der Waals surface area contributed by atoms with Crippen LogP contribution in [0.5, 0.6) is 0 Å². The van der Waals surface area contributed by atoms with Crippen LogP contribution < -0.4 is 26.8 Å². The van der Waals surface area contributed by atoms with E-state index in [2.05, 4.69) is 21.3 Å². The number of aliphatic carboxylic acids is 1. The highest BCUT2D eigenvalue weighted by Crippen LogP contribution is 2.46. The summed E-state index contributed by atoms with van der Waals surface area (Å²) >= 11 is 0. The van der Waals surface area contributed by atoms with E-state index in [9.17, 15) is 67.7 Å². The summed E-state index contributed by atoms with van der Waals surface area (Å²) in [6.45, 7) is 2.52. The molecule has 23 heteroatoms. The number of ether oxygens (including phenoxy) is 1. The van der Waals surface area contributed by atoms with E-state index >= 15 is 4.39 Å². The van der Waals surface area contributed by atoms with Gasteiger partial charge in [-0.25, -0.2) is 14.2 Å². The number of rotatable bonds is 27. The number of cyclic esters (lactones) is 1. The molecule has 0 fully saturated rings. The number of carboxylic acid groups (broad SMARTS) is 1. The first-order chi connectivity index (χ1) is 38.7. The molecule has 0 bridgehead atoms. The van der Waals surface area contributed by atoms with Crippen molar-refractivity contribution in [1.29, 1.82) is 0 Å². The van der Waals surface area contributed by atoms with Gasteiger partial charge in [-0.15, -0.1) is 0 Å². The molecule has 0 radical (unpaired) electrons. The van der Waals surface area contributed by atoms with E-state index in [1.165, 1.54) is 10.6 Å². The molecule has 3 aliphatic heterocycles. The van der Waals surface area contributed by atoms with Crippen molar-refractivity contribution in [2.75, 3.05) is 19.6 Å². The Morgan fingerprint density at radius 1 is 0.840 bits per heavy atom. The molecular weight excluding hydrogens is 1050 g/mol. The second-order valence-corrected chi connectivity index (χ2v) is 20.8. The minimum atomic E-state index is -2.05. The fraction of sp³-hybridized carbons (Fsp3) is 0.431. The van der Waals surface area contributed by atoms with Gasteiger partial charge in [-0.05, 0) is 73.8 Å². The molecule has 2 aromatic heterocycles. The van der Waals surface area contributed by atoms with Crippen molar-refractivity contribution in [1.82, 2.24) is 35.7 Å². The van der Waals surface area contributed by atoms with E-state index in [1.54, 1.807) is 50.2 Å². The number of carbonyl (C=O) groups excluding carboxylic acids is 10. The molecule has 8 rings (SSSR count). The Morgan fingerprint density at radius 3 is 2.28 bits per heavy atom. The van der Waals surface area contributed by atoms with Crippen LogP contribution in [0.15, 0.2) is 59.4 Å². The highest BCUT2D eigenvalue weighted by Gasteiger charge is 2.46. The minimum absolute atomic E-state index is 0.00153. The van der Waals surface area contributed by atoms with Gasteiger partial charge >= 0.3 is 11.9 Å². The Kier molecular flexibility index (Phi) is 18.2. The summed E-state index contributed by atoms with van der Waals surface area (Å²) in [4.78, 5) is 159. The number of fused-ring (bicyclic) bond motifs is 5. The molecule has 4 atom stereocenters. The lowest BCUT2D eigenvalue weighted by atomic mass is 9.81. The number of ketones is 3. The molecule has 6 N–H and O–H groups in total. The van der Waals surface area contributed by atoms with Gasteiger partial charge in [0.2, 0.25) is 23.6 Å². The Balaban J connectivity index is 0.808. The number of benzene rings is 2. The van der Waals surface area contributed by atoms with Crippen LogP contribution >= 0.6 is 0 Å². The molecule has 22 nitrogen and oxygen atoms in total. The predicted molar refractivity (Wildman–Crippen MR) is 285 cm³/mol. The van der Waals surface area contributed by atoms with Crippen LogP contribution in [0.4, 0.5) is 4.39 Å². The number of Topliss-reactive ketones (excluding diaryl/α,β-unsaturated/α-hetero) is 3. The zero-order valence-electron chi connectivity index (χ0n) is 44.8. The smallest absolute Gasteiger partial charge is 0.343 e. The number of aliphatic hydroxyl groups is 1. The molecule has 426 valence electrons. The standard InChI is InChI=1S/C58H62FN7O15/c1-3-58(80)39-26-44-54-37(29-66(44)56(78)38(39)30-81-57(58)79)53-41(15-14-36-31(2)40(59)27-43(64-54)52(36)53)62-47(71)12-7-21-60-46(70)18-16-45(69)42(23-32-9-5-4-6-10-32)63-48(72)17-13-35(68)28-61-55(77)33(25-51(75)76)24-34(67)11-8-22-65-49(73)19-20-50(65)74/h4-6,9-10,19-20,26-27,33,41-42,80H,3,7-8,11-18,21-25,28-30H2,1-2H3,(H,60,70)(H,61,77)(H,62,71)(H,63,72)(H,75,76)/t33-,41-,42-,58-/m0/s1. The van der Waals surface area contributed by atoms with Crippen molar-refractivity contribution in [3.05, 3.63) is 110 Å². The topological polar surface area (TPSA) is 324 Å². The Hall–Kier alpha value is -8.60. The van der Waals surface area contributed by atoms with E-state index in [4.69, 9.17) is 9.72 Å². The second kappa shape index (κ2) is 25.2. The number of imide groups is 1. The number of halogens is 1. The van der Waals surface area contributed by atoms with E-state index < -0.39 is 113 Å². The lowest BCUT2D eigenvalue weighted by molar-refractivity contribution is -0.172. The Labute approximate surface area is 463 Å². The Morgan fingerprint density at radius 2 is 1.57 bits per heavy atom. The van der Waals surface area contributed by atoms with Crippen molar-refractivity contribution in [2.45, 2.75) is 135 Å². The van der Waals surface area contributed by atoms with Gasteiger partial charge < -0.3 is 40.8 Å². The molecule has 0 saturated carbocycles. The number of nitrogens with one attached hydrogen (secondary N) is 4. The first-order valence-electron chi connectivity index (χ1n) is 27.0. The number of carbonyl (C=O) groups is 11. The summed E-state index contributed by atoms with van der Waals surface area (Å²) in [7, 11) is 0. The van der Waals surface area contributed by atoms with Gasteiger partial charge in [0.25, 0.3) is 17.4 Å². The minimum Gasteiger partial charge on any atom is -0.481 e. The molecule has 1 aliphatic carbocycles. The van der Waals surface area contributed by atoms with Gasteiger partial charge in [-0.1, -0.05) is 37.3 Å². The highest BCUT2D eigenvalue weighted by molar-refractivity contribution is 6.13. The van der Waals surface area contributed by atoms with Gasteiger partial charge in [-0.2, -0.15) is 0 Å². The summed E-state index contributed by atoms with van der Waals surface area (Å²) in [5.41, 5.74) is 2.05. The quantitative estimate of drug-likeness (QED) is 0.0250. The molecule has 4 aliphatic rings. The van der Waals surface area contributed by atoms with Gasteiger partial charge in [-0.3, -0.25) is 57.6 Å². The summed E-state index contributed by atoms with van der Waals surface area (Å²) in [6, 6.07) is 10.0. The number of aryl methyl sites for hydroxylation is 1. The first-order valence-corrected chi connectivity index (χ1v) is 27.0. The third-order valence-corrected chi connectivity index (χ3v) is 15.3. The molecule has 0 spiro atoms. The number of hydrogen-bond donors (Lipinski definition) is 6. The molecule has 5 heterocycles. The SMILES string of the molecule is CC[C@@]1(O)C(=O)OCc2c1cc1n(c2=O)Cc2c-1nc1cc(F)c(C)c3c1c2[C@@H](NC(=O)CCCNC(=O)CCC(=O)[C@H](Cc1ccccc1)NC(=O)CCC(=O)CNC(=O)[C@H](CC(=O)O)CC(=O)CCCN1C(=O)C=CC1=O)CC3. The predicted octanol–water partition coefficient (Wildman–Crippen LogP) is 2.82. The van der Waals surface area contributed by atoms with Crippen LogP contribution in [0, 0.1) is 18.7 Å². The maximum Gasteiger partial charge on any atom is 0.343 e. The average Bonchev–Trinajstić information content (AvgIpc) is 3.94. The lowest BCUT2D eigenvalue weighted by Gasteiger charge is -2.31. The number of esters is 1. The molecule has 81 heavy (non-hydrogen) atoms. The average molecular weight is 1120 g/mol. The van der Waals surface area contributed by atoms with Crippen LogP contribution in [0.3, 0.4) is 0 Å². The summed E-state index contributed by atoms with van der Waals surface area (Å²) in [5.74, 6) is -8.90. The van der Waals surface area contributed by atoms with Crippen molar-refractivity contribution in [2.24, 2.45) is 5.92 Å². The van der Waals surface area contributed by atoms with Crippen molar-refractivity contribution < 1.29 is 72.1 Å². The van der Waals surface area contributed by atoms with E-state index in [0.717, 1.165) is 22.6 Å². The second-order valence-electron chi connectivity index (χ2n) is 20.8. The fourth-order valence-electron chi connectivity index (χ4n) is 10.9. The van der Waals surface area contributed by atoms with Crippen LogP contribution in [0.2, 0.25) is 0 Å². The summed E-state index contributed by atoms with van der Waals surface area (Å²) in [5, 5.41) is 32.3. The van der Waals surface area contributed by atoms with Crippen LogP contribution in [0.25, 0.3) is 22.3 Å². The molecule has 4 aromatic rings. The number of aromatic nitrogens is 2. The maximum atomic E-state index is 15.4. The molecule has 0 saturated heterocycles. The van der Waals surface area contributed by atoms with Crippen molar-refractivity contribution in [3.63, 3.8) is 0 Å². The number of carboxylic acids is 1. The molecule has 6 amide bonds. The number of nitrogens with zero attached hydrogens (tertiary/aromatic N) is 3. The third kappa shape index (κ3) is 13.2. The molecule has 2 aromatic carbocycles. The largest absolute Gasteiger partial charge is 0.481 e. The van der Waals surface area contributed by atoms with Gasteiger partial charge in [0, 0.05) is 92.8 Å². The van der Waals surface area contributed by atoms with Crippen LogP contribution in [-0.4, -0.2) is 115 Å². The molecule has 0 unspecified atom stereocenters. The van der Waals surface area contributed by atoms with Gasteiger partial charge in [0.15, 0.2) is 17.2 Å². The first kappa shape index (κ1) is 58.5.